The molecule has 0 unspecified atom stereocenters. The summed E-state index contributed by atoms with van der Waals surface area (Å²) in [5.41, 5.74) is 4.65. The van der Waals surface area contributed by atoms with E-state index in [-0.39, 0.29) is 11.7 Å². The van der Waals surface area contributed by atoms with E-state index in [0.29, 0.717) is 31.6 Å². The molecular formula is C22H17FN2O2S2. The van der Waals surface area contributed by atoms with Gasteiger partial charge in [-0.15, -0.1) is 0 Å². The van der Waals surface area contributed by atoms with Gasteiger partial charge in [-0.3, -0.25) is 4.79 Å². The van der Waals surface area contributed by atoms with Gasteiger partial charge in [0.2, 0.25) is 0 Å². The number of carbonyl (C=O) groups excluding carboxylic acids is 1. The molecule has 1 saturated heterocycles. The number of rotatable bonds is 3. The Bertz CT molecular complexity index is 1220. The molecule has 29 heavy (non-hydrogen) atoms. The molecule has 146 valence electrons. The SMILES string of the molecule is COc1ccc(C=C2SC(=S)NC2=O)cc1-c1nc2c(C)ccc(F)c2cc1C. The normalized spacial score (nSPS) is 15.2. The summed E-state index contributed by atoms with van der Waals surface area (Å²) < 4.78 is 20.3. The van der Waals surface area contributed by atoms with Crippen LogP contribution < -0.4 is 10.1 Å². The van der Waals surface area contributed by atoms with E-state index in [9.17, 15) is 9.18 Å². The summed E-state index contributed by atoms with van der Waals surface area (Å²) in [5.74, 6) is 0.150. The number of benzene rings is 2. The van der Waals surface area contributed by atoms with Crippen molar-refractivity contribution < 1.29 is 13.9 Å². The van der Waals surface area contributed by atoms with Gasteiger partial charge in [-0.1, -0.05) is 36.1 Å². The summed E-state index contributed by atoms with van der Waals surface area (Å²) in [6.45, 7) is 3.80. The van der Waals surface area contributed by atoms with Crippen LogP contribution in [0.3, 0.4) is 0 Å². The number of aromatic nitrogens is 1. The quantitative estimate of drug-likeness (QED) is 0.465. The van der Waals surface area contributed by atoms with Crippen LogP contribution >= 0.6 is 24.0 Å². The van der Waals surface area contributed by atoms with Crippen molar-refractivity contribution >= 4 is 51.2 Å². The summed E-state index contributed by atoms with van der Waals surface area (Å²) in [4.78, 5) is 17.3. The highest BCUT2D eigenvalue weighted by Crippen LogP contribution is 2.35. The summed E-state index contributed by atoms with van der Waals surface area (Å²) in [6, 6.07) is 10.6. The predicted molar refractivity (Wildman–Crippen MR) is 119 cm³/mol. The van der Waals surface area contributed by atoms with Crippen LogP contribution in [0.15, 0.2) is 41.3 Å². The first-order valence-corrected chi connectivity index (χ1v) is 10.1. The van der Waals surface area contributed by atoms with Gasteiger partial charge in [-0.25, -0.2) is 9.37 Å². The van der Waals surface area contributed by atoms with E-state index in [2.05, 4.69) is 5.32 Å². The lowest BCUT2D eigenvalue weighted by Crippen LogP contribution is -2.17. The monoisotopic (exact) mass is 424 g/mol. The number of thioether (sulfide) groups is 1. The molecule has 1 aliphatic rings. The third-order valence-electron chi connectivity index (χ3n) is 4.74. The van der Waals surface area contributed by atoms with Crippen molar-refractivity contribution in [2.45, 2.75) is 13.8 Å². The summed E-state index contributed by atoms with van der Waals surface area (Å²) in [5, 5.41) is 3.11. The molecular weight excluding hydrogens is 407 g/mol. The van der Waals surface area contributed by atoms with Crippen molar-refractivity contribution in [1.82, 2.24) is 10.3 Å². The largest absolute Gasteiger partial charge is 0.496 e. The fourth-order valence-electron chi connectivity index (χ4n) is 3.31. The molecule has 2 heterocycles. The maximum absolute atomic E-state index is 14.3. The first-order valence-electron chi connectivity index (χ1n) is 8.87. The van der Waals surface area contributed by atoms with E-state index in [0.717, 1.165) is 22.3 Å². The fourth-order valence-corrected chi connectivity index (χ4v) is 4.35. The van der Waals surface area contributed by atoms with Crippen molar-refractivity contribution in [2.75, 3.05) is 7.11 Å². The Hall–Kier alpha value is -2.77. The van der Waals surface area contributed by atoms with Crippen molar-refractivity contribution in [2.24, 2.45) is 0 Å². The number of amides is 1. The molecule has 1 aromatic heterocycles. The van der Waals surface area contributed by atoms with Crippen molar-refractivity contribution in [3.8, 4) is 17.0 Å². The van der Waals surface area contributed by atoms with Crippen LogP contribution in [0.1, 0.15) is 16.7 Å². The van der Waals surface area contributed by atoms with Gasteiger partial charge in [-0.2, -0.15) is 0 Å². The Kier molecular flexibility index (Phi) is 5.10. The fraction of sp³-hybridized carbons (Fsp3) is 0.136. The standard InChI is InChI=1S/C22H17FN2O2S2/c1-11-4-6-16(23)14-8-12(2)20(24-19(11)14)15-9-13(5-7-17(15)27-3)10-18-21(26)25-22(28)29-18/h4-10H,1-3H3,(H,25,26,28). The topological polar surface area (TPSA) is 51.2 Å². The van der Waals surface area contributed by atoms with Gasteiger partial charge in [0.1, 0.15) is 15.9 Å². The molecule has 0 spiro atoms. The van der Waals surface area contributed by atoms with Crippen LogP contribution in [0.4, 0.5) is 4.39 Å². The number of carbonyl (C=O) groups is 1. The molecule has 1 N–H and O–H groups in total. The molecule has 1 aliphatic heterocycles. The van der Waals surface area contributed by atoms with Gasteiger partial charge < -0.3 is 10.1 Å². The number of fused-ring (bicyclic) bond motifs is 1. The van der Waals surface area contributed by atoms with Crippen molar-refractivity contribution in [3.05, 3.63) is 63.8 Å². The number of halogens is 1. The molecule has 0 saturated carbocycles. The van der Waals surface area contributed by atoms with E-state index in [1.54, 1.807) is 19.3 Å². The number of ether oxygens (including phenoxy) is 1. The molecule has 1 fully saturated rings. The minimum absolute atomic E-state index is 0.205. The number of methoxy groups -OCH3 is 1. The second kappa shape index (κ2) is 7.57. The Labute approximate surface area is 177 Å². The second-order valence-corrected chi connectivity index (χ2v) is 8.45. The van der Waals surface area contributed by atoms with Gasteiger partial charge in [0.15, 0.2) is 0 Å². The molecule has 0 bridgehead atoms. The second-order valence-electron chi connectivity index (χ2n) is 6.73. The van der Waals surface area contributed by atoms with Crippen LogP contribution in [0.5, 0.6) is 5.75 Å². The zero-order chi connectivity index (χ0) is 20.7. The number of pyridine rings is 1. The number of nitrogens with one attached hydrogen (secondary N) is 1. The van der Waals surface area contributed by atoms with Crippen LogP contribution in [0, 0.1) is 19.7 Å². The first-order chi connectivity index (χ1) is 13.9. The van der Waals surface area contributed by atoms with Crippen molar-refractivity contribution in [3.63, 3.8) is 0 Å². The molecule has 4 nitrogen and oxygen atoms in total. The third-order valence-corrected chi connectivity index (χ3v) is 5.90. The van der Waals surface area contributed by atoms with E-state index in [1.807, 2.05) is 38.1 Å². The minimum atomic E-state index is -0.293. The average Bonchev–Trinajstić information content (AvgIpc) is 3.01. The smallest absolute Gasteiger partial charge is 0.263 e. The van der Waals surface area contributed by atoms with Gasteiger partial charge in [0.05, 0.1) is 23.2 Å². The van der Waals surface area contributed by atoms with Gasteiger partial charge in [0, 0.05) is 10.9 Å². The number of aryl methyl sites for hydroxylation is 2. The molecule has 0 aliphatic carbocycles. The number of nitrogens with zero attached hydrogens (tertiary/aromatic N) is 1. The van der Waals surface area contributed by atoms with E-state index < -0.39 is 0 Å². The molecule has 0 atom stereocenters. The van der Waals surface area contributed by atoms with Gasteiger partial charge in [-0.05, 0) is 60.9 Å². The average molecular weight is 425 g/mol. The third kappa shape index (κ3) is 3.63. The highest BCUT2D eigenvalue weighted by atomic mass is 32.2. The van der Waals surface area contributed by atoms with Crippen molar-refractivity contribution in [1.29, 1.82) is 0 Å². The maximum atomic E-state index is 14.3. The Balaban J connectivity index is 1.89. The van der Waals surface area contributed by atoms with E-state index in [1.165, 1.54) is 17.8 Å². The lowest BCUT2D eigenvalue weighted by atomic mass is 10.00. The molecule has 2 aromatic carbocycles. The molecule has 7 heteroatoms. The lowest BCUT2D eigenvalue weighted by molar-refractivity contribution is -0.115. The molecule has 0 radical (unpaired) electrons. The Morgan fingerprint density at radius 3 is 2.66 bits per heavy atom. The minimum Gasteiger partial charge on any atom is -0.496 e. The van der Waals surface area contributed by atoms with Gasteiger partial charge in [0.25, 0.3) is 5.91 Å². The maximum Gasteiger partial charge on any atom is 0.263 e. The lowest BCUT2D eigenvalue weighted by Gasteiger charge is -2.14. The van der Waals surface area contributed by atoms with Crippen LogP contribution in [-0.4, -0.2) is 22.3 Å². The first kappa shape index (κ1) is 19.5. The number of hydrogen-bond donors (Lipinski definition) is 1. The van der Waals surface area contributed by atoms with Crippen LogP contribution in [-0.2, 0) is 4.79 Å². The van der Waals surface area contributed by atoms with E-state index >= 15 is 0 Å². The van der Waals surface area contributed by atoms with Crippen LogP contribution in [0.25, 0.3) is 28.2 Å². The summed E-state index contributed by atoms with van der Waals surface area (Å²) in [7, 11) is 1.59. The Morgan fingerprint density at radius 1 is 1.17 bits per heavy atom. The Morgan fingerprint density at radius 2 is 1.97 bits per heavy atom. The number of thiocarbonyl (C=S) groups is 1. The summed E-state index contributed by atoms with van der Waals surface area (Å²) in [6.07, 6.45) is 1.78. The molecule has 3 aromatic rings. The zero-order valence-corrected chi connectivity index (χ0v) is 17.6. The van der Waals surface area contributed by atoms with E-state index in [4.69, 9.17) is 21.9 Å². The predicted octanol–water partition coefficient (Wildman–Crippen LogP) is 5.16. The molecule has 4 rings (SSSR count). The number of hydrogen-bond acceptors (Lipinski definition) is 5. The van der Waals surface area contributed by atoms with Gasteiger partial charge >= 0.3 is 0 Å². The zero-order valence-electron chi connectivity index (χ0n) is 16.0. The summed E-state index contributed by atoms with van der Waals surface area (Å²) >= 11 is 6.28. The highest BCUT2D eigenvalue weighted by Gasteiger charge is 2.22. The highest BCUT2D eigenvalue weighted by molar-refractivity contribution is 8.26. The molecule has 1 amide bonds. The van der Waals surface area contributed by atoms with Crippen LogP contribution in [0.2, 0.25) is 0 Å².